The first-order valence-corrected chi connectivity index (χ1v) is 6.77. The van der Waals surface area contributed by atoms with Crippen molar-refractivity contribution in [1.82, 2.24) is 0 Å². The Morgan fingerprint density at radius 1 is 1.19 bits per heavy atom. The van der Waals surface area contributed by atoms with Crippen molar-refractivity contribution in [2.45, 2.75) is 19.9 Å². The van der Waals surface area contributed by atoms with E-state index in [1.807, 2.05) is 12.1 Å². The molecular weight excluding hydrogens is 282 g/mol. The van der Waals surface area contributed by atoms with Gasteiger partial charge < -0.3 is 5.73 Å². The van der Waals surface area contributed by atoms with Crippen LogP contribution in [-0.4, -0.2) is 0 Å². The lowest BCUT2D eigenvalue weighted by atomic mass is 10.1. The van der Waals surface area contributed by atoms with Gasteiger partial charge in [0.25, 0.3) is 0 Å². The van der Waals surface area contributed by atoms with Crippen LogP contribution in [0.4, 0.5) is 0 Å². The van der Waals surface area contributed by atoms with E-state index in [1.165, 1.54) is 15.3 Å². The van der Waals surface area contributed by atoms with Crippen LogP contribution < -0.4 is 5.73 Å². The Labute approximate surface area is 108 Å². The average Bonchev–Trinajstić information content (AvgIpc) is 2.59. The summed E-state index contributed by atoms with van der Waals surface area (Å²) in [6.45, 7) is 4.27. The molecule has 16 heavy (non-hydrogen) atoms. The predicted molar refractivity (Wildman–Crippen MR) is 74.0 cm³/mol. The van der Waals surface area contributed by atoms with Gasteiger partial charge in [-0.3, -0.25) is 0 Å². The molecule has 0 aliphatic carbocycles. The van der Waals surface area contributed by atoms with E-state index in [-0.39, 0.29) is 6.04 Å². The summed E-state index contributed by atoms with van der Waals surface area (Å²) >= 11 is 5.21. The van der Waals surface area contributed by atoms with Gasteiger partial charge in [-0.1, -0.05) is 28.1 Å². The quantitative estimate of drug-likeness (QED) is 0.884. The molecule has 1 aromatic heterocycles. The Bertz CT molecular complexity index is 468. The Kier molecular flexibility index (Phi) is 3.47. The zero-order valence-corrected chi connectivity index (χ0v) is 11.7. The molecule has 1 nitrogen and oxygen atoms in total. The van der Waals surface area contributed by atoms with Crippen molar-refractivity contribution in [2.24, 2.45) is 5.73 Å². The smallest absolute Gasteiger partial charge is 0.0646 e. The predicted octanol–water partition coefficient (Wildman–Crippen LogP) is 4.18. The van der Waals surface area contributed by atoms with Crippen LogP contribution in [-0.2, 0) is 0 Å². The van der Waals surface area contributed by atoms with Gasteiger partial charge in [0, 0.05) is 14.2 Å². The SMILES string of the molecule is Cc1cc(C(N)c2ccc(Br)cc2)sc1C. The Morgan fingerprint density at radius 2 is 1.81 bits per heavy atom. The Morgan fingerprint density at radius 3 is 2.31 bits per heavy atom. The third kappa shape index (κ3) is 2.37. The van der Waals surface area contributed by atoms with Gasteiger partial charge in [0.2, 0.25) is 0 Å². The van der Waals surface area contributed by atoms with Crippen LogP contribution in [0.25, 0.3) is 0 Å². The summed E-state index contributed by atoms with van der Waals surface area (Å²) in [4.78, 5) is 2.58. The van der Waals surface area contributed by atoms with Gasteiger partial charge in [-0.05, 0) is 43.2 Å². The molecule has 1 heterocycles. The van der Waals surface area contributed by atoms with Crippen LogP contribution in [0.2, 0.25) is 0 Å². The molecule has 2 rings (SSSR count). The lowest BCUT2D eigenvalue weighted by Gasteiger charge is -2.09. The zero-order valence-electron chi connectivity index (χ0n) is 9.33. The number of thiophene rings is 1. The van der Waals surface area contributed by atoms with Crippen LogP contribution in [0, 0.1) is 13.8 Å². The number of halogens is 1. The molecule has 0 saturated heterocycles. The standard InChI is InChI=1S/C13H14BrNS/c1-8-7-12(16-9(8)2)13(15)10-3-5-11(14)6-4-10/h3-7,13H,15H2,1-2H3. The fourth-order valence-electron chi connectivity index (χ4n) is 1.59. The molecule has 0 fully saturated rings. The lowest BCUT2D eigenvalue weighted by Crippen LogP contribution is -2.09. The molecule has 0 radical (unpaired) electrons. The van der Waals surface area contributed by atoms with E-state index in [0.717, 1.165) is 10.0 Å². The van der Waals surface area contributed by atoms with Gasteiger partial charge in [-0.15, -0.1) is 11.3 Å². The second-order valence-corrected chi connectivity index (χ2v) is 6.12. The zero-order chi connectivity index (χ0) is 11.7. The summed E-state index contributed by atoms with van der Waals surface area (Å²) < 4.78 is 1.09. The van der Waals surface area contributed by atoms with Crippen molar-refractivity contribution in [1.29, 1.82) is 0 Å². The van der Waals surface area contributed by atoms with Crippen LogP contribution in [0.1, 0.15) is 26.9 Å². The highest BCUT2D eigenvalue weighted by molar-refractivity contribution is 9.10. The minimum Gasteiger partial charge on any atom is -0.320 e. The fraction of sp³-hybridized carbons (Fsp3) is 0.231. The number of benzene rings is 1. The molecule has 0 spiro atoms. The second-order valence-electron chi connectivity index (χ2n) is 3.92. The number of nitrogens with two attached hydrogens (primary N) is 1. The van der Waals surface area contributed by atoms with E-state index in [4.69, 9.17) is 5.73 Å². The normalized spacial score (nSPS) is 12.8. The molecule has 3 heteroatoms. The van der Waals surface area contributed by atoms with Crippen LogP contribution in [0.15, 0.2) is 34.8 Å². The van der Waals surface area contributed by atoms with Gasteiger partial charge in [-0.2, -0.15) is 0 Å². The van der Waals surface area contributed by atoms with E-state index < -0.39 is 0 Å². The van der Waals surface area contributed by atoms with E-state index >= 15 is 0 Å². The van der Waals surface area contributed by atoms with Crippen LogP contribution in [0.3, 0.4) is 0 Å². The molecule has 0 saturated carbocycles. The lowest BCUT2D eigenvalue weighted by molar-refractivity contribution is 0.892. The van der Waals surface area contributed by atoms with Crippen molar-refractivity contribution >= 4 is 27.3 Å². The van der Waals surface area contributed by atoms with Gasteiger partial charge in [-0.25, -0.2) is 0 Å². The summed E-state index contributed by atoms with van der Waals surface area (Å²) in [5, 5.41) is 0. The highest BCUT2D eigenvalue weighted by atomic mass is 79.9. The number of hydrogen-bond donors (Lipinski definition) is 1. The van der Waals surface area contributed by atoms with Crippen molar-refractivity contribution < 1.29 is 0 Å². The third-order valence-electron chi connectivity index (χ3n) is 2.72. The first-order valence-electron chi connectivity index (χ1n) is 5.16. The van der Waals surface area contributed by atoms with Gasteiger partial charge in [0.1, 0.15) is 0 Å². The number of hydrogen-bond acceptors (Lipinski definition) is 2. The minimum absolute atomic E-state index is 0.00880. The first-order chi connectivity index (χ1) is 7.58. The van der Waals surface area contributed by atoms with Gasteiger partial charge in [0.05, 0.1) is 6.04 Å². The maximum atomic E-state index is 6.24. The summed E-state index contributed by atoms with van der Waals surface area (Å²) in [5.74, 6) is 0. The molecule has 0 amide bonds. The highest BCUT2D eigenvalue weighted by Crippen LogP contribution is 2.29. The highest BCUT2D eigenvalue weighted by Gasteiger charge is 2.12. The van der Waals surface area contributed by atoms with Crippen molar-refractivity contribution in [3.05, 3.63) is 55.7 Å². The maximum Gasteiger partial charge on any atom is 0.0646 e. The number of rotatable bonds is 2. The first kappa shape index (κ1) is 11.8. The maximum absolute atomic E-state index is 6.24. The topological polar surface area (TPSA) is 26.0 Å². The minimum atomic E-state index is -0.00880. The average molecular weight is 296 g/mol. The van der Waals surface area contributed by atoms with Crippen molar-refractivity contribution in [3.63, 3.8) is 0 Å². The molecule has 0 aliphatic heterocycles. The summed E-state index contributed by atoms with van der Waals surface area (Å²) in [6, 6.07) is 10.4. The molecule has 2 aromatic rings. The van der Waals surface area contributed by atoms with Crippen LogP contribution >= 0.6 is 27.3 Å². The van der Waals surface area contributed by atoms with E-state index in [9.17, 15) is 0 Å². The molecule has 0 aliphatic rings. The Hall–Kier alpha value is -0.640. The van der Waals surface area contributed by atoms with Gasteiger partial charge >= 0.3 is 0 Å². The van der Waals surface area contributed by atoms with Crippen molar-refractivity contribution in [2.75, 3.05) is 0 Å². The molecule has 1 aromatic carbocycles. The summed E-state index contributed by atoms with van der Waals surface area (Å²) in [7, 11) is 0. The molecule has 2 N–H and O–H groups in total. The molecule has 0 bridgehead atoms. The second kappa shape index (κ2) is 4.70. The van der Waals surface area contributed by atoms with E-state index in [2.05, 4.69) is 48.0 Å². The van der Waals surface area contributed by atoms with Gasteiger partial charge in [0.15, 0.2) is 0 Å². The molecule has 1 unspecified atom stereocenters. The third-order valence-corrected chi connectivity index (χ3v) is 4.48. The van der Waals surface area contributed by atoms with E-state index in [0.29, 0.717) is 0 Å². The fourth-order valence-corrected chi connectivity index (χ4v) is 2.93. The van der Waals surface area contributed by atoms with E-state index in [1.54, 1.807) is 11.3 Å². The van der Waals surface area contributed by atoms with Crippen LogP contribution in [0.5, 0.6) is 0 Å². The summed E-state index contributed by atoms with van der Waals surface area (Å²) in [6.07, 6.45) is 0. The Balaban J connectivity index is 2.31. The molecular formula is C13H14BrNS. The monoisotopic (exact) mass is 295 g/mol. The number of aryl methyl sites for hydroxylation is 2. The molecule has 1 atom stereocenters. The largest absolute Gasteiger partial charge is 0.320 e. The van der Waals surface area contributed by atoms with Crippen molar-refractivity contribution in [3.8, 4) is 0 Å². The summed E-state index contributed by atoms with van der Waals surface area (Å²) in [5.41, 5.74) is 8.73. The molecule has 84 valence electrons.